The fraction of sp³-hybridized carbons (Fsp3) is 0.600. The zero-order chi connectivity index (χ0) is 13.8. The van der Waals surface area contributed by atoms with Crippen molar-refractivity contribution in [1.29, 1.82) is 0 Å². The number of hydrogen-bond acceptors (Lipinski definition) is 3. The first-order chi connectivity index (χ1) is 9.10. The lowest BCUT2D eigenvalue weighted by atomic mass is 9.92. The highest BCUT2D eigenvalue weighted by atomic mass is 35.5. The maximum Gasteiger partial charge on any atom is 0.0597 e. The Morgan fingerprint density at radius 2 is 1.89 bits per heavy atom. The fourth-order valence-corrected chi connectivity index (χ4v) is 2.85. The van der Waals surface area contributed by atoms with Gasteiger partial charge in [0.05, 0.1) is 17.5 Å². The van der Waals surface area contributed by atoms with Gasteiger partial charge in [-0.15, -0.1) is 0 Å². The molecule has 0 atom stereocenters. The van der Waals surface area contributed by atoms with Crippen LogP contribution in [0, 0.1) is 0 Å². The van der Waals surface area contributed by atoms with E-state index in [1.807, 2.05) is 12.1 Å². The van der Waals surface area contributed by atoms with Gasteiger partial charge in [-0.25, -0.2) is 0 Å². The minimum atomic E-state index is 0.436. The van der Waals surface area contributed by atoms with Gasteiger partial charge in [0.1, 0.15) is 0 Å². The number of nitrogens with zero attached hydrogens (tertiary/aromatic N) is 1. The molecular formula is C15H23ClN2O. The van der Waals surface area contributed by atoms with Crippen molar-refractivity contribution in [3.63, 3.8) is 0 Å². The van der Waals surface area contributed by atoms with E-state index in [-0.39, 0.29) is 0 Å². The molecule has 1 fully saturated rings. The van der Waals surface area contributed by atoms with E-state index in [1.165, 1.54) is 5.69 Å². The van der Waals surface area contributed by atoms with Gasteiger partial charge in [-0.05, 0) is 43.9 Å². The van der Waals surface area contributed by atoms with Crippen molar-refractivity contribution in [2.24, 2.45) is 0 Å². The van der Waals surface area contributed by atoms with Gasteiger partial charge in [-0.2, -0.15) is 0 Å². The van der Waals surface area contributed by atoms with E-state index in [4.69, 9.17) is 16.3 Å². The van der Waals surface area contributed by atoms with Gasteiger partial charge in [0, 0.05) is 32.3 Å². The number of rotatable bonds is 4. The van der Waals surface area contributed by atoms with E-state index in [1.54, 1.807) is 7.11 Å². The Morgan fingerprint density at radius 1 is 1.21 bits per heavy atom. The summed E-state index contributed by atoms with van der Waals surface area (Å²) in [6.45, 7) is 0. The third kappa shape index (κ3) is 3.77. The minimum absolute atomic E-state index is 0.436. The molecule has 0 saturated heterocycles. The van der Waals surface area contributed by atoms with Crippen LogP contribution in [0.1, 0.15) is 25.7 Å². The van der Waals surface area contributed by atoms with Gasteiger partial charge >= 0.3 is 0 Å². The summed E-state index contributed by atoms with van der Waals surface area (Å²) in [5, 5.41) is 4.41. The largest absolute Gasteiger partial charge is 0.381 e. The Morgan fingerprint density at radius 3 is 2.47 bits per heavy atom. The molecule has 0 bridgehead atoms. The maximum absolute atomic E-state index is 6.11. The molecule has 106 valence electrons. The van der Waals surface area contributed by atoms with Gasteiger partial charge in [-0.3, -0.25) is 0 Å². The van der Waals surface area contributed by atoms with Crippen LogP contribution in [-0.2, 0) is 4.74 Å². The standard InChI is InChI=1S/C15H23ClN2O/c1-18(2)15-9-4-11(16)10-14(15)17-12-5-7-13(19-3)8-6-12/h4,9-10,12-13,17H,5-8H2,1-3H3. The molecule has 1 aromatic rings. The summed E-state index contributed by atoms with van der Waals surface area (Å²) in [4.78, 5) is 2.11. The van der Waals surface area contributed by atoms with E-state index < -0.39 is 0 Å². The van der Waals surface area contributed by atoms with Crippen molar-refractivity contribution in [2.75, 3.05) is 31.4 Å². The zero-order valence-electron chi connectivity index (χ0n) is 11.9. The molecule has 19 heavy (non-hydrogen) atoms. The molecule has 0 unspecified atom stereocenters. The molecule has 2 rings (SSSR count). The molecule has 0 amide bonds. The first-order valence-electron chi connectivity index (χ1n) is 6.86. The molecule has 0 aromatic heterocycles. The van der Waals surface area contributed by atoms with Gasteiger partial charge in [0.2, 0.25) is 0 Å². The number of benzene rings is 1. The lowest BCUT2D eigenvalue weighted by Crippen LogP contribution is -2.29. The number of ether oxygens (including phenoxy) is 1. The Bertz CT molecular complexity index is 415. The average molecular weight is 283 g/mol. The van der Waals surface area contributed by atoms with Crippen molar-refractivity contribution < 1.29 is 4.74 Å². The third-order valence-electron chi connectivity index (χ3n) is 3.81. The second-order valence-corrected chi connectivity index (χ2v) is 5.85. The summed E-state index contributed by atoms with van der Waals surface area (Å²) in [5.74, 6) is 0. The summed E-state index contributed by atoms with van der Waals surface area (Å²) in [7, 11) is 5.91. The highest BCUT2D eigenvalue weighted by molar-refractivity contribution is 6.31. The van der Waals surface area contributed by atoms with E-state index in [0.29, 0.717) is 12.1 Å². The molecule has 0 aliphatic heterocycles. The molecule has 1 aliphatic rings. The van der Waals surface area contributed by atoms with Crippen LogP contribution in [0.4, 0.5) is 11.4 Å². The van der Waals surface area contributed by atoms with Crippen LogP contribution in [0.15, 0.2) is 18.2 Å². The van der Waals surface area contributed by atoms with Gasteiger partial charge in [-0.1, -0.05) is 11.6 Å². The van der Waals surface area contributed by atoms with Crippen molar-refractivity contribution >= 4 is 23.0 Å². The van der Waals surface area contributed by atoms with Crippen molar-refractivity contribution in [2.45, 2.75) is 37.8 Å². The Labute approximate surface area is 120 Å². The number of methoxy groups -OCH3 is 1. The summed E-state index contributed by atoms with van der Waals surface area (Å²) >= 11 is 6.11. The molecule has 1 N–H and O–H groups in total. The third-order valence-corrected chi connectivity index (χ3v) is 4.04. The van der Waals surface area contributed by atoms with Gasteiger partial charge < -0.3 is 15.0 Å². The molecule has 0 radical (unpaired) electrons. The minimum Gasteiger partial charge on any atom is -0.381 e. The number of hydrogen-bond donors (Lipinski definition) is 1. The van der Waals surface area contributed by atoms with Crippen LogP contribution in [0.5, 0.6) is 0 Å². The predicted molar refractivity (Wildman–Crippen MR) is 82.5 cm³/mol. The number of anilines is 2. The average Bonchev–Trinajstić information content (AvgIpc) is 2.39. The summed E-state index contributed by atoms with van der Waals surface area (Å²) in [6, 6.07) is 6.53. The molecule has 1 aliphatic carbocycles. The van der Waals surface area contributed by atoms with Crippen molar-refractivity contribution in [3.8, 4) is 0 Å². The molecule has 0 spiro atoms. The van der Waals surface area contributed by atoms with E-state index in [2.05, 4.69) is 30.4 Å². The molecule has 1 saturated carbocycles. The van der Waals surface area contributed by atoms with Crippen LogP contribution in [-0.4, -0.2) is 33.4 Å². The molecule has 0 heterocycles. The quantitative estimate of drug-likeness (QED) is 0.910. The monoisotopic (exact) mass is 282 g/mol. The first kappa shape index (κ1) is 14.5. The summed E-state index contributed by atoms with van der Waals surface area (Å²) in [5.41, 5.74) is 2.30. The molecule has 3 nitrogen and oxygen atoms in total. The lowest BCUT2D eigenvalue weighted by Gasteiger charge is -2.30. The number of halogens is 1. The van der Waals surface area contributed by atoms with E-state index >= 15 is 0 Å². The fourth-order valence-electron chi connectivity index (χ4n) is 2.68. The maximum atomic E-state index is 6.11. The SMILES string of the molecule is COC1CCC(Nc2cc(Cl)ccc2N(C)C)CC1. The molecule has 1 aromatic carbocycles. The van der Waals surface area contributed by atoms with Crippen LogP contribution in [0.25, 0.3) is 0 Å². The normalized spacial score (nSPS) is 23.2. The highest BCUT2D eigenvalue weighted by Gasteiger charge is 2.21. The highest BCUT2D eigenvalue weighted by Crippen LogP contribution is 2.31. The van der Waals surface area contributed by atoms with Crippen molar-refractivity contribution in [1.82, 2.24) is 0 Å². The van der Waals surface area contributed by atoms with Crippen LogP contribution >= 0.6 is 11.6 Å². The van der Waals surface area contributed by atoms with Crippen molar-refractivity contribution in [3.05, 3.63) is 23.2 Å². The number of nitrogens with one attached hydrogen (secondary N) is 1. The van der Waals surface area contributed by atoms with E-state index in [9.17, 15) is 0 Å². The van der Waals surface area contributed by atoms with Crippen LogP contribution < -0.4 is 10.2 Å². The smallest absolute Gasteiger partial charge is 0.0597 e. The van der Waals surface area contributed by atoms with Crippen LogP contribution in [0.2, 0.25) is 5.02 Å². The van der Waals surface area contributed by atoms with Gasteiger partial charge in [0.25, 0.3) is 0 Å². The Hall–Kier alpha value is -0.930. The lowest BCUT2D eigenvalue weighted by molar-refractivity contribution is 0.0682. The molecule has 4 heteroatoms. The summed E-state index contributed by atoms with van der Waals surface area (Å²) in [6.07, 6.45) is 5.00. The second-order valence-electron chi connectivity index (χ2n) is 5.41. The Kier molecular flexibility index (Phi) is 4.94. The predicted octanol–water partition coefficient (Wildman–Crippen LogP) is 3.78. The summed E-state index contributed by atoms with van der Waals surface area (Å²) < 4.78 is 5.41. The second kappa shape index (κ2) is 6.49. The topological polar surface area (TPSA) is 24.5 Å². The molecular weight excluding hydrogens is 260 g/mol. The zero-order valence-corrected chi connectivity index (χ0v) is 12.7. The van der Waals surface area contributed by atoms with Crippen LogP contribution in [0.3, 0.4) is 0 Å². The van der Waals surface area contributed by atoms with Gasteiger partial charge in [0.15, 0.2) is 0 Å². The first-order valence-corrected chi connectivity index (χ1v) is 7.24. The Balaban J connectivity index is 2.04. The van der Waals surface area contributed by atoms with E-state index in [0.717, 1.165) is 36.4 Å².